The van der Waals surface area contributed by atoms with Crippen molar-refractivity contribution in [2.75, 3.05) is 14.1 Å². The predicted octanol–water partition coefficient (Wildman–Crippen LogP) is 2.59. The predicted molar refractivity (Wildman–Crippen MR) is 94.3 cm³/mol. The second-order valence-electron chi connectivity index (χ2n) is 6.12. The van der Waals surface area contributed by atoms with Crippen molar-refractivity contribution in [3.8, 4) is 0 Å². The topological polar surface area (TPSA) is 49.4 Å². The van der Waals surface area contributed by atoms with Gasteiger partial charge in [-0.1, -0.05) is 42.0 Å². The molecule has 0 saturated carbocycles. The molecule has 0 fully saturated rings. The molecule has 1 amide bonds. The van der Waals surface area contributed by atoms with Crippen LogP contribution < -0.4 is 5.32 Å². The van der Waals surface area contributed by atoms with Gasteiger partial charge in [0.15, 0.2) is 5.78 Å². The molecule has 0 aliphatic heterocycles. The zero-order valence-electron chi connectivity index (χ0n) is 14.8. The third-order valence-corrected chi connectivity index (χ3v) is 3.96. The molecule has 23 heavy (non-hydrogen) atoms. The summed E-state index contributed by atoms with van der Waals surface area (Å²) >= 11 is 0. The molecule has 1 aromatic rings. The third-order valence-electron chi connectivity index (χ3n) is 3.96. The SMILES string of the molecule is CNC(CC=C(C)C)C(=O)N(C)C(Cc1ccccc1)C(C)=O. The molecule has 4 nitrogen and oxygen atoms in total. The first-order chi connectivity index (χ1) is 10.9. The fourth-order valence-corrected chi connectivity index (χ4v) is 2.49. The van der Waals surface area contributed by atoms with E-state index in [9.17, 15) is 9.59 Å². The van der Waals surface area contributed by atoms with E-state index in [0.717, 1.165) is 5.56 Å². The Kier molecular flexibility index (Phi) is 7.69. The summed E-state index contributed by atoms with van der Waals surface area (Å²) in [5.41, 5.74) is 2.23. The molecule has 126 valence electrons. The monoisotopic (exact) mass is 316 g/mol. The van der Waals surface area contributed by atoms with Crippen molar-refractivity contribution in [1.82, 2.24) is 10.2 Å². The van der Waals surface area contributed by atoms with Crippen molar-refractivity contribution < 1.29 is 9.59 Å². The van der Waals surface area contributed by atoms with Gasteiger partial charge in [0.2, 0.25) is 5.91 Å². The van der Waals surface area contributed by atoms with Crippen LogP contribution in [0.1, 0.15) is 32.8 Å². The first kappa shape index (κ1) is 19.1. The number of hydrogen-bond donors (Lipinski definition) is 1. The van der Waals surface area contributed by atoms with Crippen LogP contribution in [0.4, 0.5) is 0 Å². The molecule has 0 saturated heterocycles. The Hall–Kier alpha value is -1.94. The van der Waals surface area contributed by atoms with Gasteiger partial charge >= 0.3 is 0 Å². The smallest absolute Gasteiger partial charge is 0.240 e. The minimum Gasteiger partial charge on any atom is -0.334 e. The molecule has 0 aliphatic carbocycles. The number of carbonyl (C=O) groups excluding carboxylic acids is 2. The zero-order chi connectivity index (χ0) is 17.4. The van der Waals surface area contributed by atoms with Gasteiger partial charge in [0, 0.05) is 7.05 Å². The lowest BCUT2D eigenvalue weighted by Crippen LogP contribution is -2.50. The molecular formula is C19H28N2O2. The van der Waals surface area contributed by atoms with Crippen LogP contribution in [0.25, 0.3) is 0 Å². The molecule has 1 N–H and O–H groups in total. The van der Waals surface area contributed by atoms with E-state index in [1.165, 1.54) is 5.57 Å². The molecule has 2 atom stereocenters. The number of likely N-dealkylation sites (N-methyl/N-ethyl adjacent to an activating group) is 2. The van der Waals surface area contributed by atoms with Gasteiger partial charge in [-0.05, 0) is 46.2 Å². The summed E-state index contributed by atoms with van der Waals surface area (Å²) in [6.07, 6.45) is 3.20. The maximum atomic E-state index is 12.7. The molecule has 0 heterocycles. The van der Waals surface area contributed by atoms with E-state index in [2.05, 4.69) is 5.32 Å². The van der Waals surface area contributed by atoms with E-state index in [1.807, 2.05) is 50.3 Å². The van der Waals surface area contributed by atoms with Gasteiger partial charge in [0.05, 0.1) is 12.1 Å². The molecule has 0 bridgehead atoms. The first-order valence-corrected chi connectivity index (χ1v) is 7.98. The number of ketones is 1. The summed E-state index contributed by atoms with van der Waals surface area (Å²) in [7, 11) is 3.49. The van der Waals surface area contributed by atoms with Gasteiger partial charge < -0.3 is 10.2 Å². The van der Waals surface area contributed by atoms with Crippen molar-refractivity contribution in [1.29, 1.82) is 0 Å². The number of Topliss-reactive ketones (excluding diaryl/α,β-unsaturated/α-hetero) is 1. The van der Waals surface area contributed by atoms with Crippen LogP contribution in [0.2, 0.25) is 0 Å². The maximum absolute atomic E-state index is 12.7. The van der Waals surface area contributed by atoms with E-state index in [1.54, 1.807) is 25.9 Å². The summed E-state index contributed by atoms with van der Waals surface area (Å²) in [4.78, 5) is 26.3. The molecule has 0 spiro atoms. The highest BCUT2D eigenvalue weighted by Crippen LogP contribution is 2.12. The van der Waals surface area contributed by atoms with Crippen molar-refractivity contribution >= 4 is 11.7 Å². The molecule has 0 radical (unpaired) electrons. The highest BCUT2D eigenvalue weighted by atomic mass is 16.2. The zero-order valence-corrected chi connectivity index (χ0v) is 14.8. The van der Waals surface area contributed by atoms with E-state index in [-0.39, 0.29) is 17.7 Å². The quantitative estimate of drug-likeness (QED) is 0.750. The fourth-order valence-electron chi connectivity index (χ4n) is 2.49. The van der Waals surface area contributed by atoms with E-state index in [4.69, 9.17) is 0 Å². The maximum Gasteiger partial charge on any atom is 0.240 e. The Labute approximate surface area is 139 Å². The molecule has 1 aromatic carbocycles. The van der Waals surface area contributed by atoms with Crippen molar-refractivity contribution in [2.24, 2.45) is 0 Å². The Morgan fingerprint density at radius 3 is 2.26 bits per heavy atom. The summed E-state index contributed by atoms with van der Waals surface area (Å²) in [5, 5.41) is 3.05. The average Bonchev–Trinajstić information content (AvgIpc) is 2.52. The molecule has 2 unspecified atom stereocenters. The Morgan fingerprint density at radius 1 is 1.17 bits per heavy atom. The van der Waals surface area contributed by atoms with Crippen LogP contribution in [0, 0.1) is 0 Å². The number of allylic oxidation sites excluding steroid dienone is 1. The lowest BCUT2D eigenvalue weighted by Gasteiger charge is -2.29. The number of rotatable bonds is 8. The average molecular weight is 316 g/mol. The lowest BCUT2D eigenvalue weighted by atomic mass is 10.0. The van der Waals surface area contributed by atoms with E-state index < -0.39 is 6.04 Å². The largest absolute Gasteiger partial charge is 0.334 e. The van der Waals surface area contributed by atoms with Crippen LogP contribution in [0.15, 0.2) is 42.0 Å². The summed E-state index contributed by atoms with van der Waals surface area (Å²) < 4.78 is 0. The molecule has 0 aliphatic rings. The second-order valence-corrected chi connectivity index (χ2v) is 6.12. The first-order valence-electron chi connectivity index (χ1n) is 7.98. The van der Waals surface area contributed by atoms with Crippen molar-refractivity contribution in [2.45, 2.75) is 45.7 Å². The molecule has 0 aromatic heterocycles. The van der Waals surface area contributed by atoms with Crippen LogP contribution in [0.5, 0.6) is 0 Å². The molecular weight excluding hydrogens is 288 g/mol. The van der Waals surface area contributed by atoms with Crippen LogP contribution in [-0.2, 0) is 16.0 Å². The number of hydrogen-bond acceptors (Lipinski definition) is 3. The number of carbonyl (C=O) groups is 2. The third kappa shape index (κ3) is 5.99. The summed E-state index contributed by atoms with van der Waals surface area (Å²) in [6, 6.07) is 9.04. The van der Waals surface area contributed by atoms with Crippen LogP contribution >= 0.6 is 0 Å². The van der Waals surface area contributed by atoms with Gasteiger partial charge in [-0.15, -0.1) is 0 Å². The van der Waals surface area contributed by atoms with Gasteiger partial charge in [0.25, 0.3) is 0 Å². The van der Waals surface area contributed by atoms with Gasteiger partial charge in [-0.3, -0.25) is 9.59 Å². The summed E-state index contributed by atoms with van der Waals surface area (Å²) in [6.45, 7) is 5.56. The number of benzene rings is 1. The highest BCUT2D eigenvalue weighted by molar-refractivity contribution is 5.89. The van der Waals surface area contributed by atoms with E-state index in [0.29, 0.717) is 12.8 Å². The Balaban J connectivity index is 2.87. The number of nitrogens with one attached hydrogen (secondary N) is 1. The summed E-state index contributed by atoms with van der Waals surface area (Å²) in [5.74, 6) is -0.0529. The minimum atomic E-state index is -0.438. The lowest BCUT2D eigenvalue weighted by molar-refractivity contribution is -0.138. The normalized spacial score (nSPS) is 13.1. The Bertz CT molecular complexity index is 548. The van der Waals surface area contributed by atoms with Crippen LogP contribution in [-0.4, -0.2) is 42.8 Å². The number of nitrogens with zero attached hydrogens (tertiary/aromatic N) is 1. The van der Waals surface area contributed by atoms with Crippen LogP contribution in [0.3, 0.4) is 0 Å². The second kappa shape index (κ2) is 9.26. The van der Waals surface area contributed by atoms with Gasteiger partial charge in [-0.2, -0.15) is 0 Å². The van der Waals surface area contributed by atoms with E-state index >= 15 is 0 Å². The standard InChI is InChI=1S/C19H28N2O2/c1-14(2)11-12-17(20-4)19(23)21(5)18(15(3)22)13-16-9-7-6-8-10-16/h6-11,17-18,20H,12-13H2,1-5H3. The van der Waals surface area contributed by atoms with Crippen molar-refractivity contribution in [3.63, 3.8) is 0 Å². The fraction of sp³-hybridized carbons (Fsp3) is 0.474. The molecule has 4 heteroatoms. The van der Waals surface area contributed by atoms with Gasteiger partial charge in [-0.25, -0.2) is 0 Å². The number of amides is 1. The minimum absolute atomic E-state index is 0.00164. The van der Waals surface area contributed by atoms with Gasteiger partial charge in [0.1, 0.15) is 0 Å². The Morgan fingerprint density at radius 2 is 1.78 bits per heavy atom. The highest BCUT2D eigenvalue weighted by Gasteiger charge is 2.28. The molecule has 1 rings (SSSR count). The van der Waals surface area contributed by atoms with Crippen molar-refractivity contribution in [3.05, 3.63) is 47.5 Å².